The molecule has 1 unspecified atom stereocenters. The normalized spacial score (nSPS) is 19.1. The van der Waals surface area contributed by atoms with Crippen molar-refractivity contribution in [1.29, 1.82) is 0 Å². The van der Waals surface area contributed by atoms with Crippen molar-refractivity contribution in [3.8, 4) is 0 Å². The zero-order valence-corrected chi connectivity index (χ0v) is 10.8. The highest BCUT2D eigenvalue weighted by Gasteiger charge is 2.34. The third-order valence-electron chi connectivity index (χ3n) is 2.69. The van der Waals surface area contributed by atoms with Crippen LogP contribution in [0.1, 0.15) is 13.3 Å². The molecule has 1 saturated heterocycles. The second-order valence-electron chi connectivity index (χ2n) is 4.16. The number of thioether (sulfide) groups is 1. The van der Waals surface area contributed by atoms with Crippen LogP contribution in [0.25, 0.3) is 0 Å². The minimum atomic E-state index is -1.34. The minimum absolute atomic E-state index is 0.0435. The number of nitrogens with zero attached hydrogens (tertiary/aromatic N) is 1. The molecule has 1 atom stereocenters. The molecule has 102 valence electrons. The average Bonchev–Trinajstić information content (AvgIpc) is 2.63. The van der Waals surface area contributed by atoms with Gasteiger partial charge >= 0.3 is 0 Å². The van der Waals surface area contributed by atoms with Crippen LogP contribution in [0.15, 0.2) is 12.1 Å². The molecule has 1 aromatic carbocycles. The van der Waals surface area contributed by atoms with Crippen LogP contribution in [0.2, 0.25) is 0 Å². The molecule has 3 nitrogen and oxygen atoms in total. The van der Waals surface area contributed by atoms with Crippen molar-refractivity contribution >= 4 is 28.5 Å². The summed E-state index contributed by atoms with van der Waals surface area (Å²) in [4.78, 5) is 23.7. The van der Waals surface area contributed by atoms with Crippen LogP contribution < -0.4 is 4.90 Å². The summed E-state index contributed by atoms with van der Waals surface area (Å²) in [6, 6.07) is 1.19. The van der Waals surface area contributed by atoms with Crippen molar-refractivity contribution in [2.75, 3.05) is 11.4 Å². The maximum Gasteiger partial charge on any atom is 0.228 e. The van der Waals surface area contributed by atoms with Gasteiger partial charge in [-0.2, -0.15) is 0 Å². The van der Waals surface area contributed by atoms with Crippen LogP contribution in [-0.4, -0.2) is 22.8 Å². The first-order valence-electron chi connectivity index (χ1n) is 5.50. The first kappa shape index (κ1) is 13.9. The van der Waals surface area contributed by atoms with Gasteiger partial charge in [0.2, 0.25) is 5.91 Å². The van der Waals surface area contributed by atoms with Gasteiger partial charge in [0, 0.05) is 37.3 Å². The molecule has 0 N–H and O–H groups in total. The van der Waals surface area contributed by atoms with Gasteiger partial charge in [-0.25, -0.2) is 13.2 Å². The van der Waals surface area contributed by atoms with E-state index in [-0.39, 0.29) is 23.3 Å². The molecule has 0 aromatic heterocycles. The van der Waals surface area contributed by atoms with Crippen molar-refractivity contribution < 1.29 is 22.8 Å². The van der Waals surface area contributed by atoms with E-state index >= 15 is 0 Å². The number of anilines is 1. The molecular weight excluding hydrogens is 279 g/mol. The van der Waals surface area contributed by atoms with Gasteiger partial charge in [0.25, 0.3) is 0 Å². The highest BCUT2D eigenvalue weighted by Crippen LogP contribution is 2.31. The molecule has 1 aliphatic rings. The highest BCUT2D eigenvalue weighted by molar-refractivity contribution is 8.14. The molecule has 0 saturated carbocycles. The van der Waals surface area contributed by atoms with Crippen LogP contribution in [-0.2, 0) is 9.59 Å². The lowest BCUT2D eigenvalue weighted by Gasteiger charge is -2.17. The fourth-order valence-electron chi connectivity index (χ4n) is 1.96. The minimum Gasteiger partial charge on any atom is -0.308 e. The van der Waals surface area contributed by atoms with Crippen LogP contribution in [0, 0.1) is 17.5 Å². The van der Waals surface area contributed by atoms with Crippen molar-refractivity contribution in [3.05, 3.63) is 29.6 Å². The van der Waals surface area contributed by atoms with Gasteiger partial charge < -0.3 is 4.90 Å². The summed E-state index contributed by atoms with van der Waals surface area (Å²) < 4.78 is 39.8. The third-order valence-corrected chi connectivity index (χ3v) is 3.67. The number of hydrogen-bond acceptors (Lipinski definition) is 3. The number of rotatable bonds is 2. The lowest BCUT2D eigenvalue weighted by atomic mass is 10.2. The third kappa shape index (κ3) is 2.91. The molecule has 1 aromatic rings. The summed E-state index contributed by atoms with van der Waals surface area (Å²) in [5, 5.41) is -0.485. The van der Waals surface area contributed by atoms with Crippen LogP contribution in [0.3, 0.4) is 0 Å². The fraction of sp³-hybridized carbons (Fsp3) is 0.333. The zero-order valence-electron chi connectivity index (χ0n) is 9.95. The molecule has 1 amide bonds. The van der Waals surface area contributed by atoms with Gasteiger partial charge in [-0.1, -0.05) is 11.8 Å². The summed E-state index contributed by atoms with van der Waals surface area (Å²) in [6.07, 6.45) is 0.0435. The molecule has 2 rings (SSSR count). The lowest BCUT2D eigenvalue weighted by Crippen LogP contribution is -2.26. The van der Waals surface area contributed by atoms with E-state index in [0.717, 1.165) is 22.7 Å². The standard InChI is InChI=1S/C12H10F3NO2S/c1-6(17)19-8-4-11(18)16(5-8)10-3-7(13)2-9(14)12(10)15/h2-3,8H,4-5H2,1H3. The largest absolute Gasteiger partial charge is 0.308 e. The summed E-state index contributed by atoms with van der Waals surface area (Å²) in [5.41, 5.74) is -0.422. The Balaban J connectivity index is 2.28. The summed E-state index contributed by atoms with van der Waals surface area (Å²) in [5.74, 6) is -4.01. The number of benzene rings is 1. The Hall–Kier alpha value is -1.50. The molecule has 19 heavy (non-hydrogen) atoms. The molecule has 1 fully saturated rings. The van der Waals surface area contributed by atoms with E-state index in [1.54, 1.807) is 0 Å². The molecular formula is C12H10F3NO2S. The fourth-order valence-corrected chi connectivity index (χ4v) is 2.88. The second-order valence-corrected chi connectivity index (χ2v) is 5.64. The van der Waals surface area contributed by atoms with E-state index in [2.05, 4.69) is 0 Å². The molecule has 0 spiro atoms. The molecule has 0 radical (unpaired) electrons. The van der Waals surface area contributed by atoms with E-state index in [0.29, 0.717) is 6.07 Å². The zero-order chi connectivity index (χ0) is 14.2. The first-order chi connectivity index (χ1) is 8.88. The van der Waals surface area contributed by atoms with Gasteiger partial charge in [-0.3, -0.25) is 9.59 Å². The van der Waals surface area contributed by atoms with Crippen molar-refractivity contribution in [2.45, 2.75) is 18.6 Å². The summed E-state index contributed by atoms with van der Waals surface area (Å²) in [7, 11) is 0. The maximum atomic E-state index is 13.6. The predicted molar refractivity (Wildman–Crippen MR) is 65.3 cm³/mol. The summed E-state index contributed by atoms with van der Waals surface area (Å²) >= 11 is 0.967. The van der Waals surface area contributed by atoms with E-state index in [9.17, 15) is 22.8 Å². The predicted octanol–water partition coefficient (Wildman–Crippen LogP) is 2.49. The molecule has 1 heterocycles. The lowest BCUT2D eigenvalue weighted by molar-refractivity contribution is -0.117. The Bertz CT molecular complexity index is 550. The Morgan fingerprint density at radius 1 is 1.37 bits per heavy atom. The topological polar surface area (TPSA) is 37.4 Å². The van der Waals surface area contributed by atoms with Crippen LogP contribution >= 0.6 is 11.8 Å². The summed E-state index contributed by atoms with van der Waals surface area (Å²) in [6.45, 7) is 1.42. The SMILES string of the molecule is CC(=O)SC1CC(=O)N(c2cc(F)cc(F)c2F)C1. The number of amides is 1. The smallest absolute Gasteiger partial charge is 0.228 e. The Morgan fingerprint density at radius 3 is 2.68 bits per heavy atom. The van der Waals surface area contributed by atoms with Crippen LogP contribution in [0.5, 0.6) is 0 Å². The van der Waals surface area contributed by atoms with Gasteiger partial charge in [-0.15, -0.1) is 0 Å². The first-order valence-corrected chi connectivity index (χ1v) is 6.38. The number of halogens is 3. The monoisotopic (exact) mass is 289 g/mol. The van der Waals surface area contributed by atoms with Crippen LogP contribution in [0.4, 0.5) is 18.9 Å². The average molecular weight is 289 g/mol. The molecule has 7 heteroatoms. The van der Waals surface area contributed by atoms with Gasteiger partial charge in [0.15, 0.2) is 16.7 Å². The molecule has 0 bridgehead atoms. The molecule has 0 aliphatic carbocycles. The Kier molecular flexibility index (Phi) is 3.84. The highest BCUT2D eigenvalue weighted by atomic mass is 32.2. The van der Waals surface area contributed by atoms with Crippen molar-refractivity contribution in [1.82, 2.24) is 0 Å². The number of hydrogen-bond donors (Lipinski definition) is 0. The van der Waals surface area contributed by atoms with Gasteiger partial charge in [0.1, 0.15) is 5.82 Å². The van der Waals surface area contributed by atoms with Crippen molar-refractivity contribution in [2.24, 2.45) is 0 Å². The number of carbonyl (C=O) groups excluding carboxylic acids is 2. The maximum absolute atomic E-state index is 13.6. The van der Waals surface area contributed by atoms with E-state index in [1.165, 1.54) is 6.92 Å². The van der Waals surface area contributed by atoms with E-state index < -0.39 is 29.0 Å². The molecule has 1 aliphatic heterocycles. The Morgan fingerprint density at radius 2 is 2.05 bits per heavy atom. The van der Waals surface area contributed by atoms with E-state index in [4.69, 9.17) is 0 Å². The van der Waals surface area contributed by atoms with Gasteiger partial charge in [-0.05, 0) is 0 Å². The quantitative estimate of drug-likeness (QED) is 0.785. The second kappa shape index (κ2) is 5.24. The van der Waals surface area contributed by atoms with Gasteiger partial charge in [0.05, 0.1) is 5.69 Å². The van der Waals surface area contributed by atoms with E-state index in [1.807, 2.05) is 0 Å². The number of carbonyl (C=O) groups is 2. The Labute approximate surface area is 111 Å². The van der Waals surface area contributed by atoms with Crippen molar-refractivity contribution in [3.63, 3.8) is 0 Å².